The summed E-state index contributed by atoms with van der Waals surface area (Å²) in [7, 11) is 0. The minimum Gasteiger partial charge on any atom is -0.490 e. The average Bonchev–Trinajstić information content (AvgIpc) is 2.60. The highest BCUT2D eigenvalue weighted by atomic mass is 16.5. The fraction of sp³-hybridized carbons (Fsp3) is 0.500. The van der Waals surface area contributed by atoms with E-state index in [9.17, 15) is 4.79 Å². The summed E-state index contributed by atoms with van der Waals surface area (Å²) in [5, 5.41) is 3.26. The van der Waals surface area contributed by atoms with Crippen molar-refractivity contribution >= 4 is 5.91 Å². The van der Waals surface area contributed by atoms with Crippen LogP contribution in [0, 0.1) is 0 Å². The topological polar surface area (TPSA) is 73.6 Å². The lowest BCUT2D eigenvalue weighted by Crippen LogP contribution is -2.30. The molecular formula is C14H20N2O3. The van der Waals surface area contributed by atoms with Gasteiger partial charge in [0.05, 0.1) is 13.2 Å². The van der Waals surface area contributed by atoms with E-state index in [0.717, 1.165) is 23.5 Å². The molecule has 0 radical (unpaired) electrons. The molecule has 1 aromatic rings. The quantitative estimate of drug-likeness (QED) is 0.838. The molecule has 5 heteroatoms. The number of nitrogens with one attached hydrogen (secondary N) is 1. The summed E-state index contributed by atoms with van der Waals surface area (Å²) in [5.41, 5.74) is 6.25. The third kappa shape index (κ3) is 4.13. The molecule has 0 aromatic heterocycles. The monoisotopic (exact) mass is 264 g/mol. The number of carbonyl (C=O) groups excluding carboxylic acids is 1. The number of primary amides is 1. The van der Waals surface area contributed by atoms with Gasteiger partial charge in [-0.15, -0.1) is 0 Å². The molecular weight excluding hydrogens is 244 g/mol. The zero-order valence-electron chi connectivity index (χ0n) is 11.1. The van der Waals surface area contributed by atoms with Gasteiger partial charge in [0, 0.05) is 25.4 Å². The molecule has 1 aromatic carbocycles. The summed E-state index contributed by atoms with van der Waals surface area (Å²) >= 11 is 0. The van der Waals surface area contributed by atoms with Crippen LogP contribution in [0.15, 0.2) is 18.2 Å². The smallest absolute Gasteiger partial charge is 0.218 e. The first-order valence-electron chi connectivity index (χ1n) is 6.55. The normalized spacial score (nSPS) is 15.6. The van der Waals surface area contributed by atoms with Crippen molar-refractivity contribution in [1.29, 1.82) is 0 Å². The van der Waals surface area contributed by atoms with Crippen LogP contribution in [0.4, 0.5) is 0 Å². The predicted octanol–water partition coefficient (Wildman–Crippen LogP) is 1.20. The van der Waals surface area contributed by atoms with Crippen LogP contribution in [0.25, 0.3) is 0 Å². The molecule has 0 aliphatic carbocycles. The van der Waals surface area contributed by atoms with E-state index >= 15 is 0 Å². The van der Waals surface area contributed by atoms with Gasteiger partial charge in [0.15, 0.2) is 11.5 Å². The van der Waals surface area contributed by atoms with Crippen LogP contribution in [0.2, 0.25) is 0 Å². The van der Waals surface area contributed by atoms with Gasteiger partial charge in [-0.2, -0.15) is 0 Å². The van der Waals surface area contributed by atoms with Crippen molar-refractivity contribution in [2.75, 3.05) is 13.2 Å². The minimum absolute atomic E-state index is 0.0634. The maximum Gasteiger partial charge on any atom is 0.218 e. The van der Waals surface area contributed by atoms with Crippen LogP contribution in [0.3, 0.4) is 0 Å². The molecule has 5 nitrogen and oxygen atoms in total. The molecule has 1 atom stereocenters. The largest absolute Gasteiger partial charge is 0.490 e. The summed E-state index contributed by atoms with van der Waals surface area (Å²) < 4.78 is 11.2. The van der Waals surface area contributed by atoms with Gasteiger partial charge in [-0.25, -0.2) is 0 Å². The molecule has 0 spiro atoms. The summed E-state index contributed by atoms with van der Waals surface area (Å²) in [6.45, 7) is 3.99. The van der Waals surface area contributed by atoms with Crippen LogP contribution in [-0.4, -0.2) is 25.2 Å². The lowest BCUT2D eigenvalue weighted by Gasteiger charge is -2.13. The Labute approximate surface area is 113 Å². The Kier molecular flexibility index (Phi) is 4.63. The maximum absolute atomic E-state index is 10.8. The Hall–Kier alpha value is -1.75. The Morgan fingerprint density at radius 3 is 2.84 bits per heavy atom. The second-order valence-corrected chi connectivity index (χ2v) is 4.78. The minimum atomic E-state index is -0.293. The van der Waals surface area contributed by atoms with E-state index < -0.39 is 0 Å². The van der Waals surface area contributed by atoms with Crippen LogP contribution in [-0.2, 0) is 11.3 Å². The number of fused-ring (bicyclic) bond motifs is 1. The van der Waals surface area contributed by atoms with Crippen molar-refractivity contribution in [1.82, 2.24) is 5.32 Å². The maximum atomic E-state index is 10.8. The van der Waals surface area contributed by atoms with Gasteiger partial charge in [-0.1, -0.05) is 6.07 Å². The summed E-state index contributed by atoms with van der Waals surface area (Å²) in [5.74, 6) is 1.30. The zero-order valence-corrected chi connectivity index (χ0v) is 11.1. The number of hydrogen-bond donors (Lipinski definition) is 2. The first-order chi connectivity index (χ1) is 9.15. The summed E-state index contributed by atoms with van der Waals surface area (Å²) in [6.07, 6.45) is 1.24. The number of hydrogen-bond acceptors (Lipinski definition) is 4. The van der Waals surface area contributed by atoms with Gasteiger partial charge >= 0.3 is 0 Å². The molecule has 1 unspecified atom stereocenters. The van der Waals surface area contributed by atoms with Crippen LogP contribution in [0.1, 0.15) is 25.3 Å². The summed E-state index contributed by atoms with van der Waals surface area (Å²) in [4.78, 5) is 10.8. The molecule has 1 aliphatic heterocycles. The third-order valence-electron chi connectivity index (χ3n) is 2.97. The van der Waals surface area contributed by atoms with Crippen molar-refractivity contribution in [2.24, 2.45) is 5.73 Å². The highest BCUT2D eigenvalue weighted by Gasteiger charge is 2.11. The molecule has 0 fully saturated rings. The second kappa shape index (κ2) is 6.43. The van der Waals surface area contributed by atoms with Gasteiger partial charge in [0.1, 0.15) is 0 Å². The van der Waals surface area contributed by atoms with E-state index in [1.54, 1.807) is 0 Å². The van der Waals surface area contributed by atoms with Gasteiger partial charge in [-0.3, -0.25) is 4.79 Å². The fourth-order valence-electron chi connectivity index (χ4n) is 1.98. The first kappa shape index (κ1) is 13.7. The molecule has 0 bridgehead atoms. The fourth-order valence-corrected chi connectivity index (χ4v) is 1.98. The number of benzene rings is 1. The lowest BCUT2D eigenvalue weighted by atomic mass is 10.1. The van der Waals surface area contributed by atoms with E-state index in [2.05, 4.69) is 5.32 Å². The Bertz CT molecular complexity index is 448. The van der Waals surface area contributed by atoms with Gasteiger partial charge in [0.2, 0.25) is 5.91 Å². The molecule has 0 saturated carbocycles. The van der Waals surface area contributed by atoms with E-state index in [1.807, 2.05) is 25.1 Å². The van der Waals surface area contributed by atoms with E-state index in [-0.39, 0.29) is 11.9 Å². The number of carbonyl (C=O) groups is 1. The van der Waals surface area contributed by atoms with Crippen molar-refractivity contribution in [3.63, 3.8) is 0 Å². The molecule has 1 amide bonds. The predicted molar refractivity (Wildman–Crippen MR) is 72.2 cm³/mol. The number of rotatable bonds is 5. The molecule has 1 heterocycles. The Morgan fingerprint density at radius 2 is 2.11 bits per heavy atom. The van der Waals surface area contributed by atoms with Crippen molar-refractivity contribution in [2.45, 2.75) is 32.4 Å². The van der Waals surface area contributed by atoms with Crippen molar-refractivity contribution in [3.8, 4) is 11.5 Å². The van der Waals surface area contributed by atoms with E-state index in [4.69, 9.17) is 15.2 Å². The molecule has 1 aliphatic rings. The van der Waals surface area contributed by atoms with Crippen LogP contribution in [0.5, 0.6) is 11.5 Å². The van der Waals surface area contributed by atoms with Crippen molar-refractivity contribution < 1.29 is 14.3 Å². The first-order valence-corrected chi connectivity index (χ1v) is 6.55. The number of nitrogens with two attached hydrogens (primary N) is 1. The van der Waals surface area contributed by atoms with E-state index in [1.165, 1.54) is 0 Å². The second-order valence-electron chi connectivity index (χ2n) is 4.78. The Balaban J connectivity index is 1.94. The molecule has 2 rings (SSSR count). The lowest BCUT2D eigenvalue weighted by molar-refractivity contribution is -0.118. The molecule has 0 saturated heterocycles. The third-order valence-corrected chi connectivity index (χ3v) is 2.97. The highest BCUT2D eigenvalue weighted by molar-refractivity contribution is 5.74. The standard InChI is InChI=1S/C14H20N2O3/c1-10(7-14(15)17)16-9-11-3-4-12-13(8-11)19-6-2-5-18-12/h3-4,8,10,16H,2,5-7,9H2,1H3,(H2,15,17). The average molecular weight is 264 g/mol. The molecule has 19 heavy (non-hydrogen) atoms. The van der Waals surface area contributed by atoms with Crippen molar-refractivity contribution in [3.05, 3.63) is 23.8 Å². The molecule has 104 valence electrons. The van der Waals surface area contributed by atoms with Gasteiger partial charge < -0.3 is 20.5 Å². The zero-order chi connectivity index (χ0) is 13.7. The number of ether oxygens (including phenoxy) is 2. The van der Waals surface area contributed by atoms with E-state index in [0.29, 0.717) is 26.2 Å². The van der Waals surface area contributed by atoms with Gasteiger partial charge in [0.25, 0.3) is 0 Å². The summed E-state index contributed by atoms with van der Waals surface area (Å²) in [6, 6.07) is 5.96. The SMILES string of the molecule is CC(CC(N)=O)NCc1ccc2c(c1)OCCCO2. The van der Waals surface area contributed by atoms with Crippen LogP contribution >= 0.6 is 0 Å². The van der Waals surface area contributed by atoms with Gasteiger partial charge in [-0.05, 0) is 24.6 Å². The number of amides is 1. The molecule has 3 N–H and O–H groups in total. The Morgan fingerprint density at radius 1 is 1.37 bits per heavy atom. The van der Waals surface area contributed by atoms with Crippen LogP contribution < -0.4 is 20.5 Å². The highest BCUT2D eigenvalue weighted by Crippen LogP contribution is 2.30.